The molecule has 0 aliphatic rings. The summed E-state index contributed by atoms with van der Waals surface area (Å²) >= 11 is 1.60. The van der Waals surface area contributed by atoms with Gasteiger partial charge in [-0.15, -0.1) is 0 Å². The zero-order valence-corrected chi connectivity index (χ0v) is 15.6. The number of nitrogens with one attached hydrogen (secondary N) is 2. The predicted molar refractivity (Wildman–Crippen MR) is 100 cm³/mol. The van der Waals surface area contributed by atoms with E-state index >= 15 is 0 Å². The fraction of sp³-hybridized carbons (Fsp3) is 0.333. The average Bonchev–Trinajstić information content (AvgIpc) is 3.09. The topological polar surface area (TPSA) is 70.7 Å². The van der Waals surface area contributed by atoms with Crippen LogP contribution in [0.15, 0.2) is 35.0 Å². The van der Waals surface area contributed by atoms with Crippen LogP contribution < -0.4 is 15.4 Å². The number of thiophene rings is 1. The van der Waals surface area contributed by atoms with Crippen molar-refractivity contribution in [2.24, 2.45) is 0 Å². The minimum absolute atomic E-state index is 0.0107. The molecule has 2 aromatic rings. The Balaban J connectivity index is 1.98. The van der Waals surface area contributed by atoms with Gasteiger partial charge in [-0.05, 0) is 61.1 Å². The van der Waals surface area contributed by atoms with Gasteiger partial charge in [0.1, 0.15) is 5.75 Å². The van der Waals surface area contributed by atoms with Crippen LogP contribution in [0.4, 0.5) is 5.69 Å². The fourth-order valence-electron chi connectivity index (χ4n) is 2.43. The molecule has 0 radical (unpaired) electrons. The number of anilines is 1. The molecule has 0 fully saturated rings. The zero-order chi connectivity index (χ0) is 18.4. The van der Waals surface area contributed by atoms with Crippen molar-refractivity contribution < 1.29 is 14.3 Å². The molecule has 0 aliphatic heterocycles. The highest BCUT2D eigenvalue weighted by molar-refractivity contribution is 7.07. The molecule has 2 amide bonds. The third kappa shape index (κ3) is 5.04. The highest BCUT2D eigenvalue weighted by Gasteiger charge is 2.20. The van der Waals surface area contributed by atoms with Gasteiger partial charge < -0.3 is 20.3 Å². The molecule has 2 rings (SSSR count). The van der Waals surface area contributed by atoms with E-state index < -0.39 is 11.8 Å². The van der Waals surface area contributed by atoms with Gasteiger partial charge in [-0.3, -0.25) is 9.59 Å². The van der Waals surface area contributed by atoms with Crippen LogP contribution in [0.3, 0.4) is 0 Å². The number of likely N-dealkylation sites (N-methyl/N-ethyl adjacent to an activating group) is 1. The summed E-state index contributed by atoms with van der Waals surface area (Å²) in [7, 11) is 5.39. The lowest BCUT2D eigenvalue weighted by molar-refractivity contribution is -0.136. The minimum atomic E-state index is -0.716. The van der Waals surface area contributed by atoms with E-state index in [9.17, 15) is 9.59 Å². The molecule has 1 heterocycles. The van der Waals surface area contributed by atoms with Gasteiger partial charge in [0.05, 0.1) is 18.8 Å². The van der Waals surface area contributed by atoms with Crippen molar-refractivity contribution in [1.82, 2.24) is 10.2 Å². The zero-order valence-electron chi connectivity index (χ0n) is 14.8. The van der Waals surface area contributed by atoms with Gasteiger partial charge in [0.2, 0.25) is 0 Å². The third-order valence-electron chi connectivity index (χ3n) is 3.82. The molecule has 0 bridgehead atoms. The Kier molecular flexibility index (Phi) is 6.55. The number of carbonyl (C=O) groups is 2. The van der Waals surface area contributed by atoms with Gasteiger partial charge in [0, 0.05) is 6.54 Å². The summed E-state index contributed by atoms with van der Waals surface area (Å²) in [5.41, 5.74) is 2.54. The van der Waals surface area contributed by atoms with Gasteiger partial charge in [-0.2, -0.15) is 11.3 Å². The second-order valence-electron chi connectivity index (χ2n) is 5.90. The van der Waals surface area contributed by atoms with E-state index in [0.717, 1.165) is 11.1 Å². The van der Waals surface area contributed by atoms with E-state index in [1.54, 1.807) is 23.5 Å². The number of ether oxygens (including phenoxy) is 1. The van der Waals surface area contributed by atoms with Crippen LogP contribution >= 0.6 is 11.3 Å². The molecule has 25 heavy (non-hydrogen) atoms. The van der Waals surface area contributed by atoms with Crippen molar-refractivity contribution in [3.63, 3.8) is 0 Å². The maximum atomic E-state index is 12.2. The van der Waals surface area contributed by atoms with Crippen molar-refractivity contribution >= 4 is 28.8 Å². The van der Waals surface area contributed by atoms with Crippen LogP contribution in [0, 0.1) is 6.92 Å². The Labute approximate surface area is 151 Å². The predicted octanol–water partition coefficient (Wildman–Crippen LogP) is 2.42. The molecule has 134 valence electrons. The van der Waals surface area contributed by atoms with Crippen LogP contribution in [0.2, 0.25) is 0 Å². The first-order chi connectivity index (χ1) is 11.9. The lowest BCUT2D eigenvalue weighted by Crippen LogP contribution is -2.40. The largest absolute Gasteiger partial charge is 0.495 e. The van der Waals surface area contributed by atoms with Gasteiger partial charge in [-0.1, -0.05) is 6.07 Å². The first kappa shape index (κ1) is 19.0. The second kappa shape index (κ2) is 8.64. The molecule has 0 saturated heterocycles. The van der Waals surface area contributed by atoms with Gasteiger partial charge in [0.15, 0.2) is 0 Å². The molecular formula is C18H23N3O3S. The van der Waals surface area contributed by atoms with Crippen molar-refractivity contribution in [1.29, 1.82) is 0 Å². The summed E-state index contributed by atoms with van der Waals surface area (Å²) in [4.78, 5) is 26.3. The maximum absolute atomic E-state index is 12.2. The Bertz CT molecular complexity index is 729. The summed E-state index contributed by atoms with van der Waals surface area (Å²) in [5.74, 6) is -0.881. The standard InChI is InChI=1S/C18H23N3O3S/c1-12-5-6-16(24-4)14(9-12)20-18(23)17(22)19-10-15(21(2)3)13-7-8-25-11-13/h5-9,11,15H,10H2,1-4H3,(H,19,22)(H,20,23)/t15-/m1/s1. The quantitative estimate of drug-likeness (QED) is 0.775. The number of rotatable bonds is 6. The number of methoxy groups -OCH3 is 1. The number of aryl methyl sites for hydroxylation is 1. The average molecular weight is 361 g/mol. The monoisotopic (exact) mass is 361 g/mol. The first-order valence-electron chi connectivity index (χ1n) is 7.84. The highest BCUT2D eigenvalue weighted by atomic mass is 32.1. The maximum Gasteiger partial charge on any atom is 0.313 e. The molecule has 0 saturated carbocycles. The fourth-order valence-corrected chi connectivity index (χ4v) is 3.14. The van der Waals surface area contributed by atoms with E-state index in [0.29, 0.717) is 18.0 Å². The molecular weight excluding hydrogens is 338 g/mol. The molecule has 6 nitrogen and oxygen atoms in total. The molecule has 0 aliphatic carbocycles. The number of amides is 2. The number of hydrogen-bond acceptors (Lipinski definition) is 5. The number of hydrogen-bond donors (Lipinski definition) is 2. The van der Waals surface area contributed by atoms with E-state index in [-0.39, 0.29) is 6.04 Å². The first-order valence-corrected chi connectivity index (χ1v) is 8.79. The number of nitrogens with zero attached hydrogens (tertiary/aromatic N) is 1. The van der Waals surface area contributed by atoms with Crippen LogP contribution in [-0.4, -0.2) is 44.5 Å². The molecule has 2 N–H and O–H groups in total. The van der Waals surface area contributed by atoms with E-state index in [1.165, 1.54) is 7.11 Å². The van der Waals surface area contributed by atoms with Gasteiger partial charge >= 0.3 is 11.8 Å². The molecule has 1 aromatic carbocycles. The minimum Gasteiger partial charge on any atom is -0.495 e. The lowest BCUT2D eigenvalue weighted by atomic mass is 10.1. The summed E-state index contributed by atoms with van der Waals surface area (Å²) < 4.78 is 5.21. The van der Waals surface area contributed by atoms with Crippen LogP contribution in [-0.2, 0) is 9.59 Å². The Morgan fingerprint density at radius 1 is 1.24 bits per heavy atom. The van der Waals surface area contributed by atoms with E-state index in [2.05, 4.69) is 10.6 Å². The smallest absolute Gasteiger partial charge is 0.313 e. The van der Waals surface area contributed by atoms with Crippen molar-refractivity contribution in [2.75, 3.05) is 33.1 Å². The van der Waals surface area contributed by atoms with Gasteiger partial charge in [-0.25, -0.2) is 0 Å². The van der Waals surface area contributed by atoms with E-state index in [4.69, 9.17) is 4.74 Å². The Hall–Kier alpha value is -2.38. The third-order valence-corrected chi connectivity index (χ3v) is 4.52. The molecule has 1 atom stereocenters. The number of carbonyl (C=O) groups excluding carboxylic acids is 2. The van der Waals surface area contributed by atoms with Crippen molar-refractivity contribution in [3.05, 3.63) is 46.2 Å². The van der Waals surface area contributed by atoms with Crippen molar-refractivity contribution in [2.45, 2.75) is 13.0 Å². The summed E-state index contributed by atoms with van der Waals surface area (Å²) in [6.45, 7) is 2.25. The Morgan fingerprint density at radius 3 is 2.60 bits per heavy atom. The molecule has 7 heteroatoms. The SMILES string of the molecule is COc1ccc(C)cc1NC(=O)C(=O)NC[C@H](c1ccsc1)N(C)C. The molecule has 0 spiro atoms. The van der Waals surface area contributed by atoms with Crippen LogP contribution in [0.25, 0.3) is 0 Å². The van der Waals surface area contributed by atoms with E-state index in [1.807, 2.05) is 48.8 Å². The Morgan fingerprint density at radius 2 is 2.00 bits per heavy atom. The summed E-state index contributed by atoms with van der Waals surface area (Å²) in [5, 5.41) is 9.32. The second-order valence-corrected chi connectivity index (χ2v) is 6.68. The van der Waals surface area contributed by atoms with Crippen LogP contribution in [0.1, 0.15) is 17.2 Å². The normalized spacial score (nSPS) is 11.9. The van der Waals surface area contributed by atoms with Gasteiger partial charge in [0.25, 0.3) is 0 Å². The molecule has 1 aromatic heterocycles. The number of benzene rings is 1. The van der Waals surface area contributed by atoms with Crippen LogP contribution in [0.5, 0.6) is 5.75 Å². The summed E-state index contributed by atoms with van der Waals surface area (Å²) in [6.07, 6.45) is 0. The lowest BCUT2D eigenvalue weighted by Gasteiger charge is -2.23. The highest BCUT2D eigenvalue weighted by Crippen LogP contribution is 2.25. The van der Waals surface area contributed by atoms with Crippen molar-refractivity contribution in [3.8, 4) is 5.75 Å². The summed E-state index contributed by atoms with van der Waals surface area (Å²) in [6, 6.07) is 7.41. The molecule has 0 unspecified atom stereocenters.